The molecule has 0 aliphatic carbocycles. The topological polar surface area (TPSA) is 68.5 Å². The summed E-state index contributed by atoms with van der Waals surface area (Å²) in [6, 6.07) is 25.8. The maximum atomic E-state index is 12.8. The average molecular weight is 455 g/mol. The van der Waals surface area contributed by atoms with Crippen molar-refractivity contribution in [3.63, 3.8) is 0 Å². The molecule has 0 saturated heterocycles. The number of pyridine rings is 1. The SMILES string of the molecule is COc1ccc2c(C)cc3nnc(SCC(=O)Nc4ccccc4-c4ccccc4)n3c2c1. The summed E-state index contributed by atoms with van der Waals surface area (Å²) < 4.78 is 7.39. The number of nitrogens with zero attached hydrogens (tertiary/aromatic N) is 3. The molecule has 0 spiro atoms. The first-order valence-corrected chi connectivity index (χ1v) is 11.5. The number of hydrogen-bond donors (Lipinski definition) is 1. The van der Waals surface area contributed by atoms with Crippen LogP contribution in [-0.2, 0) is 4.79 Å². The zero-order chi connectivity index (χ0) is 22.8. The molecule has 0 aliphatic rings. The third-order valence-electron chi connectivity index (χ3n) is 5.49. The minimum Gasteiger partial charge on any atom is -0.497 e. The molecule has 164 valence electrons. The van der Waals surface area contributed by atoms with Gasteiger partial charge in [-0.2, -0.15) is 0 Å². The number of aryl methyl sites for hydroxylation is 1. The van der Waals surface area contributed by atoms with E-state index in [9.17, 15) is 4.79 Å². The number of rotatable bonds is 6. The Morgan fingerprint density at radius 3 is 2.61 bits per heavy atom. The van der Waals surface area contributed by atoms with Crippen LogP contribution in [0.15, 0.2) is 84.0 Å². The summed E-state index contributed by atoms with van der Waals surface area (Å²) in [6.45, 7) is 2.05. The summed E-state index contributed by atoms with van der Waals surface area (Å²) in [5, 5.41) is 13.5. The van der Waals surface area contributed by atoms with E-state index in [-0.39, 0.29) is 11.7 Å². The highest BCUT2D eigenvalue weighted by atomic mass is 32.2. The number of ether oxygens (including phenoxy) is 1. The molecule has 1 N–H and O–H groups in total. The number of fused-ring (bicyclic) bond motifs is 3. The van der Waals surface area contributed by atoms with Crippen molar-refractivity contribution in [2.45, 2.75) is 12.1 Å². The van der Waals surface area contributed by atoms with Crippen molar-refractivity contribution in [2.75, 3.05) is 18.2 Å². The Labute approximate surface area is 195 Å². The second-order valence-corrected chi connectivity index (χ2v) is 8.58. The van der Waals surface area contributed by atoms with Crippen LogP contribution in [0.1, 0.15) is 5.56 Å². The van der Waals surface area contributed by atoms with E-state index in [1.807, 2.05) is 90.2 Å². The van der Waals surface area contributed by atoms with Crippen molar-refractivity contribution in [3.05, 3.63) is 84.4 Å². The van der Waals surface area contributed by atoms with Crippen molar-refractivity contribution in [2.24, 2.45) is 0 Å². The van der Waals surface area contributed by atoms with Crippen LogP contribution in [-0.4, -0.2) is 33.4 Å². The number of hydrogen-bond acceptors (Lipinski definition) is 5. The third-order valence-corrected chi connectivity index (χ3v) is 6.42. The quantitative estimate of drug-likeness (QED) is 0.338. The highest BCUT2D eigenvalue weighted by Gasteiger charge is 2.15. The Balaban J connectivity index is 1.40. The van der Waals surface area contributed by atoms with Gasteiger partial charge in [-0.05, 0) is 42.3 Å². The van der Waals surface area contributed by atoms with Gasteiger partial charge in [0.1, 0.15) is 5.75 Å². The number of carbonyl (C=O) groups is 1. The standard InChI is InChI=1S/C26H22N4O2S/c1-17-14-24-28-29-26(30(24)23-15-19(32-2)12-13-20(17)23)33-16-25(31)27-22-11-7-6-10-21(22)18-8-4-3-5-9-18/h3-15H,16H2,1-2H3,(H,27,31). The molecule has 6 nitrogen and oxygen atoms in total. The summed E-state index contributed by atoms with van der Waals surface area (Å²) in [5.41, 5.74) is 5.63. The van der Waals surface area contributed by atoms with Gasteiger partial charge >= 0.3 is 0 Å². The van der Waals surface area contributed by atoms with Gasteiger partial charge in [0, 0.05) is 22.7 Å². The lowest BCUT2D eigenvalue weighted by Crippen LogP contribution is -2.15. The lowest BCUT2D eigenvalue weighted by Gasteiger charge is -2.11. The molecule has 0 bridgehead atoms. The Bertz CT molecular complexity index is 1460. The maximum Gasteiger partial charge on any atom is 0.234 e. The van der Waals surface area contributed by atoms with Crippen LogP contribution in [0.5, 0.6) is 5.75 Å². The van der Waals surface area contributed by atoms with E-state index in [4.69, 9.17) is 4.74 Å². The molecule has 33 heavy (non-hydrogen) atoms. The van der Waals surface area contributed by atoms with Crippen LogP contribution < -0.4 is 10.1 Å². The van der Waals surface area contributed by atoms with E-state index in [1.165, 1.54) is 11.8 Å². The highest BCUT2D eigenvalue weighted by Crippen LogP contribution is 2.30. The van der Waals surface area contributed by atoms with Crippen molar-refractivity contribution < 1.29 is 9.53 Å². The number of anilines is 1. The largest absolute Gasteiger partial charge is 0.497 e. The van der Waals surface area contributed by atoms with Crippen molar-refractivity contribution >= 4 is 39.9 Å². The number of methoxy groups -OCH3 is 1. The first-order valence-electron chi connectivity index (χ1n) is 10.5. The average Bonchev–Trinajstić information content (AvgIpc) is 3.26. The van der Waals surface area contributed by atoms with Gasteiger partial charge in [0.15, 0.2) is 10.8 Å². The molecular formula is C26H22N4O2S. The van der Waals surface area contributed by atoms with Crippen molar-refractivity contribution in [1.82, 2.24) is 14.6 Å². The molecule has 1 amide bonds. The number of amides is 1. The molecule has 2 aromatic heterocycles. The number of carbonyl (C=O) groups excluding carboxylic acids is 1. The molecular weight excluding hydrogens is 432 g/mol. The Kier molecular flexibility index (Phi) is 5.71. The van der Waals surface area contributed by atoms with Gasteiger partial charge in [0.25, 0.3) is 0 Å². The van der Waals surface area contributed by atoms with E-state index in [0.717, 1.165) is 44.7 Å². The van der Waals surface area contributed by atoms with Crippen LogP contribution in [0.3, 0.4) is 0 Å². The van der Waals surface area contributed by atoms with Gasteiger partial charge < -0.3 is 10.1 Å². The summed E-state index contributed by atoms with van der Waals surface area (Å²) in [4.78, 5) is 12.8. The molecule has 7 heteroatoms. The van der Waals surface area contributed by atoms with Crippen molar-refractivity contribution in [3.8, 4) is 16.9 Å². The second kappa shape index (κ2) is 8.96. The smallest absolute Gasteiger partial charge is 0.234 e. The Morgan fingerprint density at radius 1 is 1.00 bits per heavy atom. The van der Waals surface area contributed by atoms with Gasteiger partial charge in [0.2, 0.25) is 5.91 Å². The molecule has 5 aromatic rings. The van der Waals surface area contributed by atoms with E-state index in [0.29, 0.717) is 5.16 Å². The number of thioether (sulfide) groups is 1. The van der Waals surface area contributed by atoms with E-state index >= 15 is 0 Å². The monoisotopic (exact) mass is 454 g/mol. The summed E-state index contributed by atoms with van der Waals surface area (Å²) in [6.07, 6.45) is 0. The minimum absolute atomic E-state index is 0.103. The molecule has 0 atom stereocenters. The fourth-order valence-electron chi connectivity index (χ4n) is 3.90. The fourth-order valence-corrected chi connectivity index (χ4v) is 4.65. The molecule has 0 radical (unpaired) electrons. The van der Waals surface area contributed by atoms with Gasteiger partial charge in [-0.1, -0.05) is 60.3 Å². The van der Waals surface area contributed by atoms with Crippen LogP contribution >= 0.6 is 11.8 Å². The summed E-state index contributed by atoms with van der Waals surface area (Å²) in [5.74, 6) is 0.868. The predicted molar refractivity (Wildman–Crippen MR) is 133 cm³/mol. The lowest BCUT2D eigenvalue weighted by molar-refractivity contribution is -0.113. The third kappa shape index (κ3) is 4.15. The van der Waals surface area contributed by atoms with Crippen LogP contribution in [0, 0.1) is 6.92 Å². The lowest BCUT2D eigenvalue weighted by atomic mass is 10.0. The van der Waals surface area contributed by atoms with Crippen LogP contribution in [0.2, 0.25) is 0 Å². The molecule has 5 rings (SSSR count). The fraction of sp³-hybridized carbons (Fsp3) is 0.115. The first kappa shape index (κ1) is 21.0. The zero-order valence-corrected chi connectivity index (χ0v) is 19.1. The normalized spacial score (nSPS) is 11.1. The summed E-state index contributed by atoms with van der Waals surface area (Å²) in [7, 11) is 1.65. The molecule has 2 heterocycles. The van der Waals surface area contributed by atoms with E-state index in [1.54, 1.807) is 7.11 Å². The second-order valence-electron chi connectivity index (χ2n) is 7.64. The Morgan fingerprint density at radius 2 is 1.79 bits per heavy atom. The Hall–Kier alpha value is -3.84. The highest BCUT2D eigenvalue weighted by molar-refractivity contribution is 7.99. The maximum absolute atomic E-state index is 12.8. The number of nitrogens with one attached hydrogen (secondary N) is 1. The summed E-state index contributed by atoms with van der Waals surface area (Å²) >= 11 is 1.36. The van der Waals surface area contributed by atoms with Gasteiger partial charge in [-0.25, -0.2) is 0 Å². The van der Waals surface area contributed by atoms with E-state index < -0.39 is 0 Å². The van der Waals surface area contributed by atoms with Crippen LogP contribution in [0.4, 0.5) is 5.69 Å². The predicted octanol–water partition coefficient (Wildman–Crippen LogP) is 5.60. The number of aromatic nitrogens is 3. The molecule has 0 aliphatic heterocycles. The van der Waals surface area contributed by atoms with Crippen molar-refractivity contribution in [1.29, 1.82) is 0 Å². The molecule has 3 aromatic carbocycles. The molecule has 0 fully saturated rings. The molecule has 0 saturated carbocycles. The first-order chi connectivity index (χ1) is 16.1. The minimum atomic E-state index is -0.103. The zero-order valence-electron chi connectivity index (χ0n) is 18.3. The number of para-hydroxylation sites is 1. The van der Waals surface area contributed by atoms with Gasteiger partial charge in [-0.15, -0.1) is 10.2 Å². The number of benzene rings is 3. The van der Waals surface area contributed by atoms with E-state index in [2.05, 4.69) is 15.5 Å². The van der Waals surface area contributed by atoms with Gasteiger partial charge in [-0.3, -0.25) is 9.20 Å². The van der Waals surface area contributed by atoms with Crippen LogP contribution in [0.25, 0.3) is 27.7 Å². The van der Waals surface area contributed by atoms with Gasteiger partial charge in [0.05, 0.1) is 18.4 Å². The molecule has 0 unspecified atom stereocenters.